The summed E-state index contributed by atoms with van der Waals surface area (Å²) in [5.74, 6) is -3.08. The van der Waals surface area contributed by atoms with Gasteiger partial charge in [-0.05, 0) is 29.8 Å². The minimum atomic E-state index is -1.54. The first-order valence-electron chi connectivity index (χ1n) is 5.80. The average molecular weight is 272 g/mol. The molecule has 2 N–H and O–H groups in total. The molecule has 0 aliphatic heterocycles. The molecule has 2 aromatic heterocycles. The smallest absolute Gasteiger partial charge is 0.371 e. The number of hydrogen-bond acceptors (Lipinski definition) is 4. The van der Waals surface area contributed by atoms with Gasteiger partial charge in [-0.15, -0.1) is 0 Å². The van der Waals surface area contributed by atoms with Gasteiger partial charge in [-0.1, -0.05) is 0 Å². The molecule has 0 unspecified atom stereocenters. The Bertz CT molecular complexity index is 659. The molecule has 6 nitrogen and oxygen atoms in total. The average Bonchev–Trinajstić information content (AvgIpc) is 2.88. The highest BCUT2D eigenvalue weighted by Gasteiger charge is 2.12. The van der Waals surface area contributed by atoms with Crippen LogP contribution in [0.5, 0.6) is 0 Å². The summed E-state index contributed by atoms with van der Waals surface area (Å²) in [5, 5.41) is 17.6. The summed E-state index contributed by atoms with van der Waals surface area (Å²) in [5.41, 5.74) is 1.26. The highest BCUT2D eigenvalue weighted by Crippen LogP contribution is 2.09. The number of rotatable bonds is 5. The van der Waals surface area contributed by atoms with Crippen molar-refractivity contribution in [2.24, 2.45) is 0 Å². The van der Waals surface area contributed by atoms with Crippen LogP contribution in [0.2, 0.25) is 0 Å². The van der Waals surface area contributed by atoms with E-state index in [0.717, 1.165) is 5.56 Å². The molecule has 6 heteroatoms. The van der Waals surface area contributed by atoms with Gasteiger partial charge in [0.25, 0.3) is 0 Å². The Labute approximate surface area is 114 Å². The quantitative estimate of drug-likeness (QED) is 0.490. The first kappa shape index (κ1) is 13.5. The maximum atomic E-state index is 11.9. The van der Waals surface area contributed by atoms with Crippen LogP contribution in [-0.4, -0.2) is 31.5 Å². The molecule has 0 amide bonds. The lowest BCUT2D eigenvalue weighted by atomic mass is 10.2. The number of carboxylic acid groups (broad SMARTS) is 1. The van der Waals surface area contributed by atoms with Crippen LogP contribution in [0.1, 0.15) is 16.1 Å². The summed E-state index contributed by atoms with van der Waals surface area (Å²) >= 11 is 0. The number of allylic oxidation sites excluding steroid dienone is 1. The van der Waals surface area contributed by atoms with Crippen molar-refractivity contribution in [2.45, 2.75) is 6.54 Å². The number of pyridine rings is 1. The van der Waals surface area contributed by atoms with Gasteiger partial charge >= 0.3 is 5.97 Å². The van der Waals surface area contributed by atoms with E-state index in [1.807, 2.05) is 12.1 Å². The molecule has 0 radical (unpaired) electrons. The third kappa shape index (κ3) is 3.11. The van der Waals surface area contributed by atoms with Gasteiger partial charge in [0.1, 0.15) is 0 Å². The van der Waals surface area contributed by atoms with Crippen molar-refractivity contribution in [3.05, 3.63) is 65.9 Å². The number of hydrogen-bond donors (Lipinski definition) is 2. The summed E-state index contributed by atoms with van der Waals surface area (Å²) in [6, 6.07) is 6.88. The fourth-order valence-corrected chi connectivity index (χ4v) is 1.72. The van der Waals surface area contributed by atoms with E-state index in [0.29, 0.717) is 18.3 Å². The number of aliphatic carboxylic acids is 1. The van der Waals surface area contributed by atoms with E-state index in [9.17, 15) is 9.59 Å². The molecule has 0 atom stereocenters. The molecule has 2 heterocycles. The number of aliphatic hydroxyl groups is 1. The normalized spacial score (nSPS) is 11.3. The highest BCUT2D eigenvalue weighted by atomic mass is 16.4. The molecule has 2 rings (SSSR count). The molecule has 0 aliphatic carbocycles. The van der Waals surface area contributed by atoms with E-state index in [1.54, 1.807) is 35.3 Å². The molecule has 20 heavy (non-hydrogen) atoms. The summed E-state index contributed by atoms with van der Waals surface area (Å²) in [6.07, 6.45) is 5.70. The van der Waals surface area contributed by atoms with Crippen molar-refractivity contribution < 1.29 is 19.8 Å². The molecule has 2 aromatic rings. The number of carboxylic acids is 1. The van der Waals surface area contributed by atoms with E-state index in [1.165, 1.54) is 0 Å². The fourth-order valence-electron chi connectivity index (χ4n) is 1.72. The Morgan fingerprint density at radius 3 is 2.55 bits per heavy atom. The zero-order valence-corrected chi connectivity index (χ0v) is 10.4. The predicted octanol–water partition coefficient (Wildman–Crippen LogP) is 1.64. The SMILES string of the molecule is O=C(O)C(O)=CC(=O)c1cccn1Cc1ccncc1. The third-order valence-electron chi connectivity index (χ3n) is 2.67. The topological polar surface area (TPSA) is 92.4 Å². The lowest BCUT2D eigenvalue weighted by molar-refractivity contribution is -0.135. The van der Waals surface area contributed by atoms with Crippen LogP contribution < -0.4 is 0 Å². The minimum Gasteiger partial charge on any atom is -0.502 e. The molecule has 0 saturated heterocycles. The van der Waals surface area contributed by atoms with Gasteiger partial charge < -0.3 is 14.8 Å². The lowest BCUT2D eigenvalue weighted by Gasteiger charge is -2.07. The Kier molecular flexibility index (Phi) is 3.95. The minimum absolute atomic E-state index is 0.301. The maximum Gasteiger partial charge on any atom is 0.371 e. The molecule has 0 aliphatic rings. The van der Waals surface area contributed by atoms with Crippen LogP contribution in [0, 0.1) is 0 Å². The number of ketones is 1. The Balaban J connectivity index is 2.23. The Morgan fingerprint density at radius 2 is 1.90 bits per heavy atom. The largest absolute Gasteiger partial charge is 0.502 e. The molecule has 0 aromatic carbocycles. The molecular weight excluding hydrogens is 260 g/mol. The van der Waals surface area contributed by atoms with Gasteiger partial charge in [0.15, 0.2) is 0 Å². The van der Waals surface area contributed by atoms with E-state index in [-0.39, 0.29) is 0 Å². The van der Waals surface area contributed by atoms with E-state index >= 15 is 0 Å². The monoisotopic (exact) mass is 272 g/mol. The van der Waals surface area contributed by atoms with Crippen LogP contribution in [0.4, 0.5) is 0 Å². The fraction of sp³-hybridized carbons (Fsp3) is 0.0714. The van der Waals surface area contributed by atoms with E-state index in [2.05, 4.69) is 4.98 Å². The number of carbonyl (C=O) groups is 2. The zero-order chi connectivity index (χ0) is 14.5. The first-order valence-corrected chi connectivity index (χ1v) is 5.80. The molecule has 0 fully saturated rings. The first-order chi connectivity index (χ1) is 9.58. The van der Waals surface area contributed by atoms with Gasteiger partial charge in [0.05, 0.1) is 5.69 Å². The summed E-state index contributed by atoms with van der Waals surface area (Å²) in [7, 11) is 0. The van der Waals surface area contributed by atoms with E-state index < -0.39 is 17.5 Å². The van der Waals surface area contributed by atoms with Crippen LogP contribution in [0.15, 0.2) is 54.7 Å². The third-order valence-corrected chi connectivity index (χ3v) is 2.67. The summed E-state index contributed by atoms with van der Waals surface area (Å²) in [6.45, 7) is 0.457. The molecule has 0 bridgehead atoms. The Hall–Kier alpha value is -2.89. The molecule has 0 spiro atoms. The summed E-state index contributed by atoms with van der Waals surface area (Å²) < 4.78 is 1.67. The Morgan fingerprint density at radius 1 is 1.20 bits per heavy atom. The second-order valence-electron chi connectivity index (χ2n) is 4.08. The van der Waals surface area contributed by atoms with Gasteiger partial charge in [0.2, 0.25) is 11.5 Å². The zero-order valence-electron chi connectivity index (χ0n) is 10.4. The van der Waals surface area contributed by atoms with Crippen molar-refractivity contribution in [3.63, 3.8) is 0 Å². The van der Waals surface area contributed by atoms with Gasteiger partial charge in [0, 0.05) is 31.2 Å². The van der Waals surface area contributed by atoms with Crippen LogP contribution >= 0.6 is 0 Å². The van der Waals surface area contributed by atoms with Crippen molar-refractivity contribution in [1.29, 1.82) is 0 Å². The standard InChI is InChI=1S/C14H12N2O4/c17-12(8-13(18)14(19)20)11-2-1-7-16(11)9-10-3-5-15-6-4-10/h1-8,18H,9H2,(H,19,20). The van der Waals surface area contributed by atoms with Crippen molar-refractivity contribution >= 4 is 11.8 Å². The van der Waals surface area contributed by atoms with Crippen molar-refractivity contribution in [2.75, 3.05) is 0 Å². The van der Waals surface area contributed by atoms with Gasteiger partial charge in [-0.25, -0.2) is 4.79 Å². The second kappa shape index (κ2) is 5.83. The van der Waals surface area contributed by atoms with Crippen LogP contribution in [-0.2, 0) is 11.3 Å². The maximum absolute atomic E-state index is 11.9. The molecular formula is C14H12N2O4. The number of nitrogens with zero attached hydrogens (tertiary/aromatic N) is 2. The van der Waals surface area contributed by atoms with Crippen molar-refractivity contribution in [1.82, 2.24) is 9.55 Å². The molecule has 102 valence electrons. The number of aromatic nitrogens is 2. The molecule has 0 saturated carbocycles. The van der Waals surface area contributed by atoms with Crippen LogP contribution in [0.25, 0.3) is 0 Å². The number of aliphatic hydroxyl groups excluding tert-OH is 1. The van der Waals surface area contributed by atoms with Gasteiger partial charge in [-0.2, -0.15) is 0 Å². The predicted molar refractivity (Wildman–Crippen MR) is 70.4 cm³/mol. The summed E-state index contributed by atoms with van der Waals surface area (Å²) in [4.78, 5) is 26.3. The van der Waals surface area contributed by atoms with Crippen molar-refractivity contribution in [3.8, 4) is 0 Å². The van der Waals surface area contributed by atoms with E-state index in [4.69, 9.17) is 10.2 Å². The highest BCUT2D eigenvalue weighted by molar-refractivity contribution is 6.06. The van der Waals surface area contributed by atoms with Crippen LogP contribution in [0.3, 0.4) is 0 Å². The van der Waals surface area contributed by atoms with Gasteiger partial charge in [-0.3, -0.25) is 9.78 Å². The lowest BCUT2D eigenvalue weighted by Crippen LogP contribution is -2.10. The second-order valence-corrected chi connectivity index (χ2v) is 4.08. The number of carbonyl (C=O) groups excluding carboxylic acids is 1.